The number of anilines is 1. The number of aliphatic imine (C=N–C) groups is 1. The number of amides is 2. The third-order valence-corrected chi connectivity index (χ3v) is 7.37. The second-order valence-corrected chi connectivity index (χ2v) is 10.1. The van der Waals surface area contributed by atoms with Gasteiger partial charge in [0.15, 0.2) is 5.17 Å². The summed E-state index contributed by atoms with van der Waals surface area (Å²) in [6.45, 7) is 4.55. The molecule has 5 rings (SSSR count). The van der Waals surface area contributed by atoms with Gasteiger partial charge >= 0.3 is 0 Å². The van der Waals surface area contributed by atoms with E-state index < -0.39 is 5.25 Å². The fourth-order valence-corrected chi connectivity index (χ4v) is 5.39. The summed E-state index contributed by atoms with van der Waals surface area (Å²) < 4.78 is 5.44. The van der Waals surface area contributed by atoms with Crippen LogP contribution in [0.2, 0.25) is 0 Å². The van der Waals surface area contributed by atoms with Gasteiger partial charge in [-0.15, -0.1) is 0 Å². The highest BCUT2D eigenvalue weighted by molar-refractivity contribution is 8.15. The highest BCUT2D eigenvalue weighted by atomic mass is 32.2. The topological polar surface area (TPSA) is 83.4 Å². The van der Waals surface area contributed by atoms with Gasteiger partial charge in [0, 0.05) is 18.5 Å². The van der Waals surface area contributed by atoms with Gasteiger partial charge in [0.05, 0.1) is 18.4 Å². The maximum absolute atomic E-state index is 12.8. The molecule has 188 valence electrons. The predicted octanol–water partition coefficient (Wildman–Crippen LogP) is 5.57. The first-order valence-electron chi connectivity index (χ1n) is 12.3. The van der Waals surface area contributed by atoms with Crippen molar-refractivity contribution in [3.05, 3.63) is 95.6 Å². The molecule has 2 atom stereocenters. The maximum atomic E-state index is 12.8. The summed E-state index contributed by atoms with van der Waals surface area (Å²) in [5.74, 6) is 0.188. The van der Waals surface area contributed by atoms with Crippen LogP contribution < -0.4 is 10.1 Å². The summed E-state index contributed by atoms with van der Waals surface area (Å²) in [4.78, 5) is 29.8. The number of hydrogen-bond acceptors (Lipinski definition) is 6. The molecule has 2 aliphatic heterocycles. The molecule has 2 aliphatic rings. The first-order chi connectivity index (χ1) is 18.0. The molecule has 0 bridgehead atoms. The van der Waals surface area contributed by atoms with Gasteiger partial charge in [0.25, 0.3) is 5.91 Å². The molecule has 1 N–H and O–H groups in total. The number of nitrogens with zero attached hydrogens (tertiary/aromatic N) is 3. The number of nitrogens with one attached hydrogen (secondary N) is 1. The lowest BCUT2D eigenvalue weighted by Gasteiger charge is -2.23. The van der Waals surface area contributed by atoms with Crippen LogP contribution in [0.4, 0.5) is 5.69 Å². The van der Waals surface area contributed by atoms with Crippen molar-refractivity contribution in [3.8, 4) is 5.75 Å². The second-order valence-electron chi connectivity index (χ2n) is 8.94. The van der Waals surface area contributed by atoms with Gasteiger partial charge in [-0.3, -0.25) is 9.59 Å². The van der Waals surface area contributed by atoms with Gasteiger partial charge in [0.2, 0.25) is 5.91 Å². The first-order valence-corrected chi connectivity index (χ1v) is 13.2. The summed E-state index contributed by atoms with van der Waals surface area (Å²) in [5.41, 5.74) is 4.94. The van der Waals surface area contributed by atoms with Crippen molar-refractivity contribution in [2.45, 2.75) is 38.0 Å². The quantitative estimate of drug-likeness (QED) is 0.447. The molecule has 3 aromatic carbocycles. The molecule has 0 aromatic heterocycles. The van der Waals surface area contributed by atoms with Crippen molar-refractivity contribution in [1.82, 2.24) is 5.01 Å². The zero-order chi connectivity index (χ0) is 25.8. The van der Waals surface area contributed by atoms with Crippen molar-refractivity contribution < 1.29 is 14.3 Å². The lowest BCUT2D eigenvalue weighted by Crippen LogP contribution is -2.25. The van der Waals surface area contributed by atoms with E-state index in [9.17, 15) is 9.59 Å². The van der Waals surface area contributed by atoms with Crippen LogP contribution in [0, 0.1) is 6.92 Å². The fourth-order valence-electron chi connectivity index (χ4n) is 4.33. The minimum atomic E-state index is -0.590. The smallest absolute Gasteiger partial charge is 0.262 e. The number of amidine groups is 1. The van der Waals surface area contributed by atoms with Crippen LogP contribution in [-0.4, -0.2) is 39.6 Å². The van der Waals surface area contributed by atoms with Crippen LogP contribution >= 0.6 is 11.8 Å². The summed E-state index contributed by atoms with van der Waals surface area (Å²) in [6, 6.07) is 25.5. The van der Waals surface area contributed by atoms with E-state index >= 15 is 0 Å². The third-order valence-electron chi connectivity index (χ3n) is 6.22. The van der Waals surface area contributed by atoms with Crippen molar-refractivity contribution in [2.75, 3.05) is 11.9 Å². The Morgan fingerprint density at radius 3 is 2.49 bits per heavy atom. The molecule has 0 fully saturated rings. The molecule has 2 heterocycles. The van der Waals surface area contributed by atoms with Crippen LogP contribution in [0.25, 0.3) is 0 Å². The molecule has 8 heteroatoms. The number of carbonyl (C=O) groups excluding carboxylic acids is 2. The van der Waals surface area contributed by atoms with Gasteiger partial charge in [-0.25, -0.2) is 5.01 Å². The Morgan fingerprint density at radius 2 is 1.78 bits per heavy atom. The van der Waals surface area contributed by atoms with E-state index in [0.29, 0.717) is 23.9 Å². The largest absolute Gasteiger partial charge is 0.494 e. The number of carbonyl (C=O) groups is 2. The monoisotopic (exact) mass is 512 g/mol. The molecular weight excluding hydrogens is 484 g/mol. The van der Waals surface area contributed by atoms with E-state index in [1.165, 1.54) is 17.3 Å². The Balaban J connectivity index is 1.30. The van der Waals surface area contributed by atoms with Gasteiger partial charge in [-0.1, -0.05) is 71.9 Å². The molecule has 0 saturated carbocycles. The minimum absolute atomic E-state index is 0.0298. The molecule has 0 unspecified atom stereocenters. The zero-order valence-corrected chi connectivity index (χ0v) is 21.6. The Bertz CT molecular complexity index is 1340. The standard InChI is InChI=1S/C29H28N4O3S/c1-3-36-23-15-13-22(14-16-23)30-27(34)18-26-28(35)31-29(37-26)33-25(21-7-5-4-6-8-21)17-24(32-33)20-11-9-19(2)10-12-20/h4-16,25-26H,3,17-18H2,1-2H3,(H,30,34)/t25-,26-/m0/s1. The van der Waals surface area contributed by atoms with Crippen molar-refractivity contribution in [3.63, 3.8) is 0 Å². The lowest BCUT2D eigenvalue weighted by molar-refractivity contribution is -0.121. The third kappa shape index (κ3) is 5.75. The van der Waals surface area contributed by atoms with E-state index in [2.05, 4.69) is 53.6 Å². The van der Waals surface area contributed by atoms with Crippen molar-refractivity contribution in [2.24, 2.45) is 10.1 Å². The predicted molar refractivity (Wildman–Crippen MR) is 148 cm³/mol. The Kier molecular flexibility index (Phi) is 7.37. The van der Waals surface area contributed by atoms with E-state index in [1.807, 2.05) is 30.1 Å². The summed E-state index contributed by atoms with van der Waals surface area (Å²) >= 11 is 1.30. The number of ether oxygens (including phenoxy) is 1. The molecule has 2 amide bonds. The molecule has 0 spiro atoms. The van der Waals surface area contributed by atoms with Gasteiger partial charge in [0.1, 0.15) is 11.0 Å². The van der Waals surface area contributed by atoms with Crippen LogP contribution in [0.3, 0.4) is 0 Å². The summed E-state index contributed by atoms with van der Waals surface area (Å²) in [5, 5.41) is 9.54. The average molecular weight is 513 g/mol. The van der Waals surface area contributed by atoms with Crippen LogP contribution in [0.5, 0.6) is 5.75 Å². The number of hydrogen-bond donors (Lipinski definition) is 1. The Labute approximate surface area is 220 Å². The number of hydrazone groups is 1. The molecule has 0 radical (unpaired) electrons. The second kappa shape index (κ2) is 11.0. The molecular formula is C29H28N4O3S. The average Bonchev–Trinajstić information content (AvgIpc) is 3.50. The van der Waals surface area contributed by atoms with E-state index in [0.717, 1.165) is 22.6 Å². The molecule has 7 nitrogen and oxygen atoms in total. The van der Waals surface area contributed by atoms with Crippen LogP contribution in [-0.2, 0) is 9.59 Å². The van der Waals surface area contributed by atoms with E-state index in [-0.39, 0.29) is 24.3 Å². The van der Waals surface area contributed by atoms with Gasteiger partial charge in [-0.05, 0) is 49.2 Å². The number of aryl methyl sites for hydroxylation is 1. The first kappa shape index (κ1) is 24.8. The van der Waals surface area contributed by atoms with E-state index in [1.54, 1.807) is 24.3 Å². The SMILES string of the molecule is CCOc1ccc(NC(=O)C[C@@H]2SC(N3N=C(c4ccc(C)cc4)C[C@H]3c3ccccc3)=NC2=O)cc1. The Hall–Kier alpha value is -3.91. The molecule has 37 heavy (non-hydrogen) atoms. The van der Waals surface area contributed by atoms with Crippen LogP contribution in [0.1, 0.15) is 42.5 Å². The molecule has 0 aliphatic carbocycles. The summed E-state index contributed by atoms with van der Waals surface area (Å²) in [6.07, 6.45) is 0.728. The maximum Gasteiger partial charge on any atom is 0.262 e. The lowest BCUT2D eigenvalue weighted by atomic mass is 9.98. The van der Waals surface area contributed by atoms with Crippen molar-refractivity contribution in [1.29, 1.82) is 0 Å². The van der Waals surface area contributed by atoms with Gasteiger partial charge < -0.3 is 10.1 Å². The van der Waals surface area contributed by atoms with Crippen LogP contribution in [0.15, 0.2) is 89.0 Å². The minimum Gasteiger partial charge on any atom is -0.494 e. The van der Waals surface area contributed by atoms with E-state index in [4.69, 9.17) is 9.84 Å². The number of rotatable bonds is 7. The van der Waals surface area contributed by atoms with Gasteiger partial charge in [-0.2, -0.15) is 10.1 Å². The fraction of sp³-hybridized carbons (Fsp3) is 0.241. The van der Waals surface area contributed by atoms with Crippen molar-refractivity contribution >= 4 is 40.1 Å². The highest BCUT2D eigenvalue weighted by Crippen LogP contribution is 2.38. The molecule has 3 aromatic rings. The zero-order valence-electron chi connectivity index (χ0n) is 20.8. The Morgan fingerprint density at radius 1 is 1.05 bits per heavy atom. The molecule has 0 saturated heterocycles. The number of thioether (sulfide) groups is 1. The highest BCUT2D eigenvalue weighted by Gasteiger charge is 2.39. The number of benzene rings is 3. The summed E-state index contributed by atoms with van der Waals surface area (Å²) in [7, 11) is 0. The normalized spacial score (nSPS) is 19.0.